The molecule has 1 aliphatic heterocycles. The first-order valence-corrected chi connectivity index (χ1v) is 4.06. The first-order valence-electron chi connectivity index (χ1n) is 3.31. The lowest BCUT2D eigenvalue weighted by Crippen LogP contribution is -1.88. The molecule has 1 aliphatic rings. The zero-order valence-electron chi connectivity index (χ0n) is 5.63. The van der Waals surface area contributed by atoms with Crippen LogP contribution >= 0.6 is 23.2 Å². The highest BCUT2D eigenvalue weighted by molar-refractivity contribution is 6.49. The molecule has 0 bridgehead atoms. The van der Waals surface area contributed by atoms with Gasteiger partial charge in [-0.15, -0.1) is 0 Å². The summed E-state index contributed by atoms with van der Waals surface area (Å²) in [5.74, 6) is 0. The first-order chi connectivity index (χ1) is 5.20. The second kappa shape index (κ2) is 2.37. The number of halogens is 2. The lowest BCUT2D eigenvalue weighted by Gasteiger charge is -1.92. The summed E-state index contributed by atoms with van der Waals surface area (Å²) in [6.45, 7) is 0. The van der Waals surface area contributed by atoms with Crippen LogP contribution in [0.15, 0.2) is 30.3 Å². The number of epoxide rings is 1. The molecule has 1 saturated heterocycles. The van der Waals surface area contributed by atoms with E-state index in [4.69, 9.17) is 27.9 Å². The Balaban J connectivity index is 2.21. The van der Waals surface area contributed by atoms with Gasteiger partial charge in [0.25, 0.3) is 0 Å². The van der Waals surface area contributed by atoms with E-state index < -0.39 is 4.52 Å². The van der Waals surface area contributed by atoms with Crippen molar-refractivity contribution >= 4 is 23.2 Å². The summed E-state index contributed by atoms with van der Waals surface area (Å²) in [5, 5.41) is 0. The molecular weight excluding hydrogens is 183 g/mol. The summed E-state index contributed by atoms with van der Waals surface area (Å²) in [6, 6.07) is 9.69. The average Bonchev–Trinajstić information content (AvgIpc) is 2.62. The van der Waals surface area contributed by atoms with Gasteiger partial charge in [-0.1, -0.05) is 53.5 Å². The van der Waals surface area contributed by atoms with E-state index in [0.717, 1.165) is 5.56 Å². The number of rotatable bonds is 1. The molecule has 1 nitrogen and oxygen atoms in total. The lowest BCUT2D eigenvalue weighted by atomic mass is 10.2. The van der Waals surface area contributed by atoms with Crippen molar-refractivity contribution in [3.63, 3.8) is 0 Å². The Kier molecular flexibility index (Phi) is 1.60. The van der Waals surface area contributed by atoms with E-state index in [-0.39, 0.29) is 6.10 Å². The van der Waals surface area contributed by atoms with Crippen LogP contribution in [0.3, 0.4) is 0 Å². The van der Waals surface area contributed by atoms with Crippen LogP contribution in [0.1, 0.15) is 11.7 Å². The van der Waals surface area contributed by atoms with Gasteiger partial charge in [0.1, 0.15) is 6.10 Å². The van der Waals surface area contributed by atoms with Crippen LogP contribution < -0.4 is 0 Å². The van der Waals surface area contributed by atoms with E-state index in [1.165, 1.54) is 0 Å². The normalized spacial score (nSPS) is 26.5. The zero-order valence-corrected chi connectivity index (χ0v) is 7.14. The number of alkyl halides is 2. The number of ether oxygens (including phenoxy) is 1. The molecule has 0 aliphatic carbocycles. The maximum Gasteiger partial charge on any atom is 0.249 e. The van der Waals surface area contributed by atoms with Gasteiger partial charge in [0.05, 0.1) is 0 Å². The molecule has 1 fully saturated rings. The first kappa shape index (κ1) is 7.41. The summed E-state index contributed by atoms with van der Waals surface area (Å²) in [6.07, 6.45) is -0.146. The second-order valence-corrected chi connectivity index (χ2v) is 3.79. The largest absolute Gasteiger partial charge is 0.330 e. The molecule has 0 saturated carbocycles. The fraction of sp³-hybridized carbons (Fsp3) is 0.250. The van der Waals surface area contributed by atoms with Crippen molar-refractivity contribution in [2.24, 2.45) is 0 Å². The van der Waals surface area contributed by atoms with Crippen molar-refractivity contribution in [1.29, 1.82) is 0 Å². The SMILES string of the molecule is ClC1(Cl)OC1c1ccccc1. The molecule has 1 aromatic carbocycles. The van der Waals surface area contributed by atoms with E-state index in [9.17, 15) is 0 Å². The Morgan fingerprint density at radius 3 is 2.18 bits per heavy atom. The van der Waals surface area contributed by atoms with Gasteiger partial charge in [-0.3, -0.25) is 0 Å². The van der Waals surface area contributed by atoms with Crippen LogP contribution in [0, 0.1) is 0 Å². The Morgan fingerprint density at radius 2 is 1.73 bits per heavy atom. The van der Waals surface area contributed by atoms with Crippen molar-refractivity contribution in [3.05, 3.63) is 35.9 Å². The van der Waals surface area contributed by atoms with Crippen molar-refractivity contribution < 1.29 is 4.74 Å². The predicted octanol–water partition coefficient (Wildman–Crippen LogP) is 2.89. The van der Waals surface area contributed by atoms with Gasteiger partial charge in [-0.05, 0) is 5.56 Å². The second-order valence-electron chi connectivity index (χ2n) is 2.47. The van der Waals surface area contributed by atoms with Crippen molar-refractivity contribution in [2.45, 2.75) is 10.6 Å². The summed E-state index contributed by atoms with van der Waals surface area (Å²) in [4.78, 5) is 0. The average molecular weight is 189 g/mol. The van der Waals surface area contributed by atoms with E-state index in [1.807, 2.05) is 30.3 Å². The van der Waals surface area contributed by atoms with Crippen LogP contribution in [0.4, 0.5) is 0 Å². The third kappa shape index (κ3) is 1.36. The zero-order chi connectivity index (χ0) is 7.90. The summed E-state index contributed by atoms with van der Waals surface area (Å²) >= 11 is 11.4. The lowest BCUT2D eigenvalue weighted by molar-refractivity contribution is 0.392. The molecule has 0 N–H and O–H groups in total. The van der Waals surface area contributed by atoms with Gasteiger partial charge >= 0.3 is 0 Å². The molecule has 0 aromatic heterocycles. The van der Waals surface area contributed by atoms with Crippen LogP contribution in [0.5, 0.6) is 0 Å². The quantitative estimate of drug-likeness (QED) is 0.488. The maximum absolute atomic E-state index is 5.68. The third-order valence-electron chi connectivity index (χ3n) is 1.63. The number of hydrogen-bond acceptors (Lipinski definition) is 1. The molecule has 1 aromatic rings. The molecule has 11 heavy (non-hydrogen) atoms. The highest BCUT2D eigenvalue weighted by atomic mass is 35.5. The molecule has 0 spiro atoms. The van der Waals surface area contributed by atoms with Crippen LogP contribution in [-0.4, -0.2) is 4.52 Å². The third-order valence-corrected chi connectivity index (χ3v) is 2.20. The van der Waals surface area contributed by atoms with Crippen molar-refractivity contribution in [1.82, 2.24) is 0 Å². The maximum atomic E-state index is 5.68. The van der Waals surface area contributed by atoms with Gasteiger partial charge in [0.2, 0.25) is 4.52 Å². The van der Waals surface area contributed by atoms with E-state index in [2.05, 4.69) is 0 Å². The monoisotopic (exact) mass is 188 g/mol. The smallest absolute Gasteiger partial charge is 0.249 e. The van der Waals surface area contributed by atoms with E-state index in [0.29, 0.717) is 0 Å². The van der Waals surface area contributed by atoms with Gasteiger partial charge in [0, 0.05) is 0 Å². The molecule has 0 radical (unpaired) electrons. The highest BCUT2D eigenvalue weighted by Crippen LogP contribution is 2.55. The molecule has 3 heteroatoms. The topological polar surface area (TPSA) is 12.5 Å². The van der Waals surface area contributed by atoms with E-state index >= 15 is 0 Å². The highest BCUT2D eigenvalue weighted by Gasteiger charge is 2.55. The molecule has 2 rings (SSSR count). The standard InChI is InChI=1S/C8H6Cl2O/c9-8(10)7(11-8)6-4-2-1-3-5-6/h1-5,7H. The number of hydrogen-bond donors (Lipinski definition) is 0. The summed E-state index contributed by atoms with van der Waals surface area (Å²) in [5.41, 5.74) is 1.03. The Bertz CT molecular complexity index is 258. The summed E-state index contributed by atoms with van der Waals surface area (Å²) < 4.78 is 4.04. The fourth-order valence-electron chi connectivity index (χ4n) is 1.01. The minimum atomic E-state index is -0.985. The van der Waals surface area contributed by atoms with Crippen molar-refractivity contribution in [3.8, 4) is 0 Å². The molecule has 1 atom stereocenters. The molecular formula is C8H6Cl2O. The predicted molar refractivity (Wildman–Crippen MR) is 44.7 cm³/mol. The van der Waals surface area contributed by atoms with Crippen LogP contribution in [-0.2, 0) is 4.74 Å². The molecule has 1 heterocycles. The van der Waals surface area contributed by atoms with Gasteiger partial charge in [0.15, 0.2) is 0 Å². The van der Waals surface area contributed by atoms with E-state index in [1.54, 1.807) is 0 Å². The van der Waals surface area contributed by atoms with Crippen LogP contribution in [0.25, 0.3) is 0 Å². The Morgan fingerprint density at radius 1 is 1.18 bits per heavy atom. The van der Waals surface area contributed by atoms with Gasteiger partial charge < -0.3 is 4.74 Å². The molecule has 1 unspecified atom stereocenters. The van der Waals surface area contributed by atoms with Gasteiger partial charge in [-0.25, -0.2) is 0 Å². The van der Waals surface area contributed by atoms with Crippen molar-refractivity contribution in [2.75, 3.05) is 0 Å². The Hall–Kier alpha value is -0.240. The minimum Gasteiger partial charge on any atom is -0.330 e. The Labute approximate surface area is 74.9 Å². The van der Waals surface area contributed by atoms with Crippen LogP contribution in [0.2, 0.25) is 0 Å². The van der Waals surface area contributed by atoms with Gasteiger partial charge in [-0.2, -0.15) is 0 Å². The summed E-state index contributed by atoms with van der Waals surface area (Å²) in [7, 11) is 0. The molecule has 0 amide bonds. The molecule has 58 valence electrons. The minimum absolute atomic E-state index is 0.146. The fourth-order valence-corrected chi connectivity index (χ4v) is 1.44. The number of benzene rings is 1.